The molecule has 180 valence electrons. The average Bonchev–Trinajstić information content (AvgIpc) is 3.37. The number of esters is 1. The molecule has 2 saturated heterocycles. The number of likely N-dealkylation sites (tertiary alicyclic amines) is 1. The van der Waals surface area contributed by atoms with Crippen molar-refractivity contribution in [3.05, 3.63) is 29.3 Å². The second kappa shape index (κ2) is 10.2. The second-order valence-corrected chi connectivity index (χ2v) is 8.72. The van der Waals surface area contributed by atoms with Gasteiger partial charge in [-0.2, -0.15) is 0 Å². The van der Waals surface area contributed by atoms with Gasteiger partial charge in [-0.25, -0.2) is 0 Å². The fourth-order valence-electron chi connectivity index (χ4n) is 4.24. The Hall–Kier alpha value is -3.14. The van der Waals surface area contributed by atoms with Gasteiger partial charge in [-0.3, -0.25) is 19.2 Å². The summed E-state index contributed by atoms with van der Waals surface area (Å²) in [5, 5.41) is 15.2. The molecule has 0 spiro atoms. The van der Waals surface area contributed by atoms with Crippen molar-refractivity contribution in [1.82, 2.24) is 15.5 Å². The van der Waals surface area contributed by atoms with Crippen molar-refractivity contribution in [3.63, 3.8) is 0 Å². The van der Waals surface area contributed by atoms with Crippen LogP contribution in [0.3, 0.4) is 0 Å². The molecule has 2 aliphatic heterocycles. The van der Waals surface area contributed by atoms with Crippen molar-refractivity contribution in [3.8, 4) is 5.75 Å². The van der Waals surface area contributed by atoms with Crippen LogP contribution in [0.4, 0.5) is 0 Å². The molecule has 0 bridgehead atoms. The molecule has 0 unspecified atom stereocenters. The Kier molecular flexibility index (Phi) is 7.57. The van der Waals surface area contributed by atoms with Crippen LogP contribution < -0.4 is 15.4 Å². The van der Waals surface area contributed by atoms with Crippen LogP contribution in [0, 0.1) is 12.8 Å². The number of rotatable bonds is 7. The van der Waals surface area contributed by atoms with E-state index < -0.39 is 42.2 Å². The molecule has 4 atom stereocenters. The summed E-state index contributed by atoms with van der Waals surface area (Å²) in [5.41, 5.74) is 1.07. The van der Waals surface area contributed by atoms with Gasteiger partial charge in [-0.05, 0) is 37.8 Å². The highest BCUT2D eigenvalue weighted by atomic mass is 16.6. The van der Waals surface area contributed by atoms with Gasteiger partial charge in [0.2, 0.25) is 18.1 Å². The summed E-state index contributed by atoms with van der Waals surface area (Å²) >= 11 is 0. The number of aliphatic hydroxyl groups is 1. The maximum atomic E-state index is 13.4. The Morgan fingerprint density at radius 3 is 2.61 bits per heavy atom. The van der Waals surface area contributed by atoms with Gasteiger partial charge in [0, 0.05) is 17.7 Å². The first kappa shape index (κ1) is 24.5. The summed E-state index contributed by atoms with van der Waals surface area (Å²) in [6.45, 7) is 5.79. The van der Waals surface area contributed by atoms with Gasteiger partial charge in [-0.15, -0.1) is 0 Å². The highest BCUT2D eigenvalue weighted by molar-refractivity contribution is 6.00. The van der Waals surface area contributed by atoms with E-state index in [4.69, 9.17) is 4.74 Å². The van der Waals surface area contributed by atoms with E-state index in [9.17, 15) is 24.3 Å². The Morgan fingerprint density at radius 1 is 1.27 bits per heavy atom. The van der Waals surface area contributed by atoms with E-state index in [1.807, 2.05) is 13.8 Å². The van der Waals surface area contributed by atoms with Crippen LogP contribution in [0.5, 0.6) is 5.75 Å². The molecule has 3 rings (SSSR count). The van der Waals surface area contributed by atoms with Crippen molar-refractivity contribution in [2.75, 3.05) is 13.7 Å². The largest absolute Gasteiger partial charge is 0.496 e. The Labute approximate surface area is 192 Å². The minimum atomic E-state index is -1.40. The van der Waals surface area contributed by atoms with Crippen molar-refractivity contribution < 1.29 is 33.8 Å². The van der Waals surface area contributed by atoms with Crippen LogP contribution in [-0.2, 0) is 19.1 Å². The molecule has 33 heavy (non-hydrogen) atoms. The molecule has 2 aliphatic rings. The van der Waals surface area contributed by atoms with Crippen LogP contribution in [-0.4, -0.2) is 71.8 Å². The van der Waals surface area contributed by atoms with Gasteiger partial charge in [0.25, 0.3) is 5.91 Å². The maximum absolute atomic E-state index is 13.4. The fourth-order valence-corrected chi connectivity index (χ4v) is 4.24. The summed E-state index contributed by atoms with van der Waals surface area (Å²) in [5.74, 6) is -1.45. The minimum absolute atomic E-state index is 0.127. The van der Waals surface area contributed by atoms with Crippen molar-refractivity contribution in [2.45, 2.75) is 64.4 Å². The average molecular weight is 462 g/mol. The van der Waals surface area contributed by atoms with E-state index in [0.29, 0.717) is 36.3 Å². The SMILES string of the molecule is COc1cccc(C(=O)N[C@H](C(=O)N2CCC[C@H]2C(=O)N[C@H]2CC(=O)O[C@H]2O)C(C)C)c1C. The molecule has 0 saturated carbocycles. The Morgan fingerprint density at radius 2 is 2.00 bits per heavy atom. The fraction of sp³-hybridized carbons (Fsp3) is 0.565. The summed E-state index contributed by atoms with van der Waals surface area (Å²) in [6.07, 6.45) is -0.456. The van der Waals surface area contributed by atoms with Crippen LogP contribution in [0.2, 0.25) is 0 Å². The molecular formula is C23H31N3O7. The number of benzene rings is 1. The van der Waals surface area contributed by atoms with Crippen LogP contribution in [0.25, 0.3) is 0 Å². The normalized spacial score (nSPS) is 23.3. The zero-order chi connectivity index (χ0) is 24.3. The van der Waals surface area contributed by atoms with Crippen LogP contribution >= 0.6 is 0 Å². The number of nitrogens with zero attached hydrogens (tertiary/aromatic N) is 1. The monoisotopic (exact) mass is 461 g/mol. The molecule has 10 heteroatoms. The molecule has 0 aliphatic carbocycles. The lowest BCUT2D eigenvalue weighted by atomic mass is 10.0. The number of amides is 3. The molecule has 10 nitrogen and oxygen atoms in total. The van der Waals surface area contributed by atoms with E-state index in [2.05, 4.69) is 15.4 Å². The number of methoxy groups -OCH3 is 1. The third-order valence-corrected chi connectivity index (χ3v) is 6.12. The van der Waals surface area contributed by atoms with Gasteiger partial charge in [0.05, 0.1) is 13.5 Å². The van der Waals surface area contributed by atoms with E-state index in [-0.39, 0.29) is 18.2 Å². The summed E-state index contributed by atoms with van der Waals surface area (Å²) in [6, 6.07) is 2.69. The Balaban J connectivity index is 1.72. The molecular weight excluding hydrogens is 430 g/mol. The van der Waals surface area contributed by atoms with Crippen LogP contribution in [0.15, 0.2) is 18.2 Å². The van der Waals surface area contributed by atoms with Gasteiger partial charge in [-0.1, -0.05) is 19.9 Å². The lowest BCUT2D eigenvalue weighted by Crippen LogP contribution is -2.56. The highest BCUT2D eigenvalue weighted by Crippen LogP contribution is 2.24. The van der Waals surface area contributed by atoms with E-state index in [1.54, 1.807) is 25.1 Å². The molecule has 1 aromatic rings. The number of hydrogen-bond donors (Lipinski definition) is 3. The second-order valence-electron chi connectivity index (χ2n) is 8.72. The number of carbonyl (C=O) groups is 4. The molecule has 0 aromatic heterocycles. The third-order valence-electron chi connectivity index (χ3n) is 6.12. The Bertz CT molecular complexity index is 933. The van der Waals surface area contributed by atoms with Crippen molar-refractivity contribution >= 4 is 23.7 Å². The number of hydrogen-bond acceptors (Lipinski definition) is 7. The minimum Gasteiger partial charge on any atom is -0.496 e. The zero-order valence-electron chi connectivity index (χ0n) is 19.3. The summed E-state index contributed by atoms with van der Waals surface area (Å²) < 4.78 is 9.94. The molecule has 0 radical (unpaired) electrons. The summed E-state index contributed by atoms with van der Waals surface area (Å²) in [7, 11) is 1.52. The van der Waals surface area contributed by atoms with E-state index in [0.717, 1.165) is 0 Å². The van der Waals surface area contributed by atoms with E-state index >= 15 is 0 Å². The lowest BCUT2D eigenvalue weighted by Gasteiger charge is -2.31. The number of nitrogens with one attached hydrogen (secondary N) is 2. The van der Waals surface area contributed by atoms with Gasteiger partial charge < -0.3 is 30.1 Å². The van der Waals surface area contributed by atoms with Gasteiger partial charge in [0.15, 0.2) is 0 Å². The smallest absolute Gasteiger partial charge is 0.310 e. The first-order valence-electron chi connectivity index (χ1n) is 11.1. The zero-order valence-corrected chi connectivity index (χ0v) is 19.3. The molecule has 2 fully saturated rings. The molecule has 2 heterocycles. The van der Waals surface area contributed by atoms with Crippen molar-refractivity contribution in [1.29, 1.82) is 0 Å². The first-order valence-corrected chi connectivity index (χ1v) is 11.1. The molecule has 3 N–H and O–H groups in total. The number of cyclic esters (lactones) is 1. The predicted octanol–water partition coefficient (Wildman–Crippen LogP) is 0.499. The molecule has 1 aromatic carbocycles. The van der Waals surface area contributed by atoms with Gasteiger partial charge in [0.1, 0.15) is 23.9 Å². The highest BCUT2D eigenvalue weighted by Gasteiger charge is 2.41. The topological polar surface area (TPSA) is 134 Å². The van der Waals surface area contributed by atoms with Crippen molar-refractivity contribution in [2.24, 2.45) is 5.92 Å². The first-order chi connectivity index (χ1) is 15.6. The van der Waals surface area contributed by atoms with Gasteiger partial charge >= 0.3 is 5.97 Å². The predicted molar refractivity (Wildman–Crippen MR) is 117 cm³/mol. The van der Waals surface area contributed by atoms with E-state index in [1.165, 1.54) is 12.0 Å². The summed E-state index contributed by atoms with van der Waals surface area (Å²) in [4.78, 5) is 52.0. The quantitative estimate of drug-likeness (QED) is 0.504. The maximum Gasteiger partial charge on any atom is 0.310 e. The third kappa shape index (κ3) is 5.27. The number of aliphatic hydroxyl groups excluding tert-OH is 1. The number of carbonyl (C=O) groups excluding carboxylic acids is 4. The molecule has 3 amide bonds. The van der Waals surface area contributed by atoms with Crippen LogP contribution in [0.1, 0.15) is 49.0 Å². The lowest BCUT2D eigenvalue weighted by molar-refractivity contribution is -0.155. The standard InChI is InChI=1S/C23H31N3O7/c1-12(2)19(25-20(28)14-7-5-9-17(32-4)13(14)3)22(30)26-10-6-8-16(26)21(29)24-15-11-18(27)33-23(15)31/h5,7,9,12,15-16,19,23,31H,6,8,10-11H2,1-4H3,(H,24,29)(H,25,28)/t15-,16-,19-,23+/m0/s1. The number of ether oxygens (including phenoxy) is 2.